The molecule has 1 heterocycles. The zero-order chi connectivity index (χ0) is 13.9. The lowest BCUT2D eigenvalue weighted by Gasteiger charge is -2.38. The average molecular weight is 254 g/mol. The van der Waals surface area contributed by atoms with Crippen molar-refractivity contribution in [1.29, 1.82) is 0 Å². The molecule has 0 fully saturated rings. The van der Waals surface area contributed by atoms with Gasteiger partial charge in [-0.2, -0.15) is 0 Å². The van der Waals surface area contributed by atoms with Crippen molar-refractivity contribution in [2.24, 2.45) is 18.2 Å². The van der Waals surface area contributed by atoms with Crippen molar-refractivity contribution in [1.82, 2.24) is 14.5 Å². The summed E-state index contributed by atoms with van der Waals surface area (Å²) in [5, 5.41) is 9.58. The molecule has 0 saturated carbocycles. The number of nitrogens with zero attached hydrogens (tertiary/aromatic N) is 3. The van der Waals surface area contributed by atoms with Gasteiger partial charge in [0.25, 0.3) is 0 Å². The summed E-state index contributed by atoms with van der Waals surface area (Å²) >= 11 is 0. The monoisotopic (exact) mass is 254 g/mol. The molecule has 1 rings (SSSR count). The van der Waals surface area contributed by atoms with Gasteiger partial charge in [0.15, 0.2) is 0 Å². The summed E-state index contributed by atoms with van der Waals surface area (Å²) in [6.45, 7) is 7.01. The molecule has 0 bridgehead atoms. The summed E-state index contributed by atoms with van der Waals surface area (Å²) < 4.78 is 1.98. The Labute approximate surface area is 110 Å². The van der Waals surface area contributed by atoms with Crippen LogP contribution in [0, 0.1) is 5.41 Å². The maximum absolute atomic E-state index is 9.58. The zero-order valence-corrected chi connectivity index (χ0v) is 12.1. The number of rotatable bonds is 5. The van der Waals surface area contributed by atoms with E-state index < -0.39 is 0 Å². The number of imidazole rings is 1. The highest BCUT2D eigenvalue weighted by atomic mass is 16.3. The second-order valence-electron chi connectivity index (χ2n) is 6.01. The summed E-state index contributed by atoms with van der Waals surface area (Å²) in [5.41, 5.74) is 6.21. The number of hydrogen-bond donors (Lipinski definition) is 2. The minimum atomic E-state index is -0.0900. The highest BCUT2D eigenvalue weighted by Crippen LogP contribution is 2.22. The third-order valence-electron chi connectivity index (χ3n) is 3.48. The molecule has 3 N–H and O–H groups in total. The van der Waals surface area contributed by atoms with Crippen LogP contribution in [0.5, 0.6) is 0 Å². The maximum Gasteiger partial charge on any atom is 0.122 e. The Hall–Kier alpha value is -0.910. The summed E-state index contributed by atoms with van der Waals surface area (Å²) in [5.74, 6) is 0.969. The first-order valence-corrected chi connectivity index (χ1v) is 6.30. The van der Waals surface area contributed by atoms with E-state index in [0.29, 0.717) is 6.54 Å². The van der Waals surface area contributed by atoms with Gasteiger partial charge in [-0.15, -0.1) is 0 Å². The topological polar surface area (TPSA) is 67.3 Å². The van der Waals surface area contributed by atoms with Gasteiger partial charge in [-0.3, -0.25) is 4.90 Å². The van der Waals surface area contributed by atoms with E-state index in [9.17, 15) is 5.11 Å². The van der Waals surface area contributed by atoms with E-state index in [1.54, 1.807) is 6.20 Å². The van der Waals surface area contributed by atoms with Crippen LogP contribution in [-0.4, -0.2) is 45.3 Å². The van der Waals surface area contributed by atoms with Gasteiger partial charge in [-0.05, 0) is 12.5 Å². The number of likely N-dealkylation sites (N-methyl/N-ethyl adjacent to an activating group) is 1. The van der Waals surface area contributed by atoms with Crippen molar-refractivity contribution in [3.05, 3.63) is 18.2 Å². The molecule has 0 aliphatic rings. The second-order valence-corrected chi connectivity index (χ2v) is 6.01. The Morgan fingerprint density at radius 3 is 2.50 bits per heavy atom. The molecule has 5 heteroatoms. The number of hydrogen-bond acceptors (Lipinski definition) is 4. The van der Waals surface area contributed by atoms with E-state index in [1.807, 2.05) is 24.9 Å². The fourth-order valence-electron chi connectivity index (χ4n) is 1.99. The van der Waals surface area contributed by atoms with Crippen molar-refractivity contribution >= 4 is 0 Å². The van der Waals surface area contributed by atoms with Gasteiger partial charge < -0.3 is 15.4 Å². The summed E-state index contributed by atoms with van der Waals surface area (Å²) in [6, 6.07) is -0.158. The molecule has 0 aliphatic carbocycles. The third-order valence-corrected chi connectivity index (χ3v) is 3.48. The van der Waals surface area contributed by atoms with Crippen molar-refractivity contribution in [2.75, 3.05) is 13.7 Å². The molecular weight excluding hydrogens is 228 g/mol. The Morgan fingerprint density at radius 2 is 2.11 bits per heavy atom. The molecule has 0 spiro atoms. The zero-order valence-electron chi connectivity index (χ0n) is 12.1. The van der Waals surface area contributed by atoms with E-state index in [1.165, 1.54) is 0 Å². The van der Waals surface area contributed by atoms with Crippen LogP contribution in [0.1, 0.15) is 26.6 Å². The molecule has 0 saturated heterocycles. The van der Waals surface area contributed by atoms with E-state index in [0.717, 1.165) is 5.82 Å². The first-order valence-electron chi connectivity index (χ1n) is 6.30. The molecule has 2 atom stereocenters. The van der Waals surface area contributed by atoms with E-state index in [2.05, 4.69) is 30.7 Å². The summed E-state index contributed by atoms with van der Waals surface area (Å²) in [4.78, 5) is 6.36. The standard InChI is InChI=1S/C13H26N4O/c1-13(2,3)12(14)10(9-18)17(5)8-11-15-6-7-16(11)4/h6-7,10,12,18H,8-9,14H2,1-5H3. The smallest absolute Gasteiger partial charge is 0.122 e. The predicted molar refractivity (Wildman–Crippen MR) is 73.0 cm³/mol. The lowest BCUT2D eigenvalue weighted by atomic mass is 9.82. The largest absolute Gasteiger partial charge is 0.395 e. The van der Waals surface area contributed by atoms with E-state index in [4.69, 9.17) is 5.73 Å². The van der Waals surface area contributed by atoms with Gasteiger partial charge in [0.2, 0.25) is 0 Å². The minimum absolute atomic E-state index is 0.0384. The van der Waals surface area contributed by atoms with Crippen LogP contribution in [0.2, 0.25) is 0 Å². The van der Waals surface area contributed by atoms with Crippen molar-refractivity contribution in [3.63, 3.8) is 0 Å². The van der Waals surface area contributed by atoms with Crippen LogP contribution in [-0.2, 0) is 13.6 Å². The van der Waals surface area contributed by atoms with E-state index in [-0.39, 0.29) is 24.1 Å². The van der Waals surface area contributed by atoms with Gasteiger partial charge in [0.05, 0.1) is 13.2 Å². The van der Waals surface area contributed by atoms with Gasteiger partial charge in [-0.1, -0.05) is 20.8 Å². The summed E-state index contributed by atoms with van der Waals surface area (Å²) in [6.07, 6.45) is 3.70. The molecule has 104 valence electrons. The van der Waals surface area contributed by atoms with Gasteiger partial charge in [0, 0.05) is 31.5 Å². The molecule has 5 nitrogen and oxygen atoms in total. The number of aliphatic hydroxyl groups is 1. The minimum Gasteiger partial charge on any atom is -0.395 e. The number of aromatic nitrogens is 2. The molecule has 1 aromatic rings. The van der Waals surface area contributed by atoms with Gasteiger partial charge in [0.1, 0.15) is 5.82 Å². The van der Waals surface area contributed by atoms with Crippen LogP contribution in [0.15, 0.2) is 12.4 Å². The Balaban J connectivity index is 2.74. The van der Waals surface area contributed by atoms with Crippen LogP contribution >= 0.6 is 0 Å². The van der Waals surface area contributed by atoms with Crippen LogP contribution in [0.25, 0.3) is 0 Å². The second kappa shape index (κ2) is 5.82. The summed E-state index contributed by atoms with van der Waals surface area (Å²) in [7, 11) is 3.94. The fourth-order valence-corrected chi connectivity index (χ4v) is 1.99. The third kappa shape index (κ3) is 3.54. The Kier molecular flexibility index (Phi) is 4.90. The van der Waals surface area contributed by atoms with E-state index >= 15 is 0 Å². The normalized spacial score (nSPS) is 16.0. The molecule has 0 aromatic carbocycles. The highest BCUT2D eigenvalue weighted by Gasteiger charge is 2.31. The van der Waals surface area contributed by atoms with Gasteiger partial charge >= 0.3 is 0 Å². The maximum atomic E-state index is 9.58. The lowest BCUT2D eigenvalue weighted by Crippen LogP contribution is -2.54. The number of aliphatic hydroxyl groups excluding tert-OH is 1. The molecular formula is C13H26N4O. The molecule has 1 aromatic heterocycles. The Bertz CT molecular complexity index is 369. The lowest BCUT2D eigenvalue weighted by molar-refractivity contribution is 0.0821. The molecule has 0 amide bonds. The Morgan fingerprint density at radius 1 is 1.50 bits per heavy atom. The quantitative estimate of drug-likeness (QED) is 0.807. The highest BCUT2D eigenvalue weighted by molar-refractivity contribution is 4.94. The first-order chi connectivity index (χ1) is 8.27. The van der Waals surface area contributed by atoms with Crippen LogP contribution in [0.4, 0.5) is 0 Å². The molecule has 0 radical (unpaired) electrons. The van der Waals surface area contributed by atoms with Gasteiger partial charge in [-0.25, -0.2) is 4.98 Å². The number of nitrogens with two attached hydrogens (primary N) is 1. The van der Waals surface area contributed by atoms with Crippen LogP contribution in [0.3, 0.4) is 0 Å². The average Bonchev–Trinajstić information content (AvgIpc) is 2.64. The molecule has 0 aliphatic heterocycles. The van der Waals surface area contributed by atoms with Crippen molar-refractivity contribution in [3.8, 4) is 0 Å². The van der Waals surface area contributed by atoms with Crippen molar-refractivity contribution in [2.45, 2.75) is 39.4 Å². The van der Waals surface area contributed by atoms with Crippen molar-refractivity contribution < 1.29 is 5.11 Å². The fraction of sp³-hybridized carbons (Fsp3) is 0.769. The first kappa shape index (κ1) is 15.1. The molecule has 2 unspecified atom stereocenters. The molecule has 18 heavy (non-hydrogen) atoms. The predicted octanol–water partition coefficient (Wildman–Crippen LogP) is 0.586. The van der Waals surface area contributed by atoms with Crippen LogP contribution < -0.4 is 5.73 Å². The number of aryl methyl sites for hydroxylation is 1. The SMILES string of the molecule is CN(Cc1nccn1C)C(CO)C(N)C(C)(C)C.